The predicted molar refractivity (Wildman–Crippen MR) is 106 cm³/mol. The van der Waals surface area contributed by atoms with Crippen molar-refractivity contribution in [1.29, 1.82) is 0 Å². The minimum atomic E-state index is -3.78. The van der Waals surface area contributed by atoms with E-state index in [0.717, 1.165) is 24.8 Å². The molecular weight excluding hydrogens is 364 g/mol. The number of sulfonamides is 1. The molecule has 1 aromatic rings. The first-order valence-corrected chi connectivity index (χ1v) is 11.0. The van der Waals surface area contributed by atoms with E-state index in [0.29, 0.717) is 18.9 Å². The Morgan fingerprint density at radius 2 is 2.07 bits per heavy atom. The van der Waals surface area contributed by atoms with Crippen LogP contribution < -0.4 is 14.8 Å². The summed E-state index contributed by atoms with van der Waals surface area (Å²) in [6.45, 7) is 6.25. The largest absolute Gasteiger partial charge is 0.494 e. The predicted octanol–water partition coefficient (Wildman–Crippen LogP) is 3.07. The van der Waals surface area contributed by atoms with Gasteiger partial charge in [0.15, 0.2) is 0 Å². The SMILES string of the molecule is CCOc1ccc(S(=O)(=O)N[C@@H](C)C(=O)NCCC2=CCCCC2)cc1C. The van der Waals surface area contributed by atoms with Gasteiger partial charge in [-0.15, -0.1) is 0 Å². The smallest absolute Gasteiger partial charge is 0.241 e. The van der Waals surface area contributed by atoms with Crippen LogP contribution in [-0.4, -0.2) is 33.5 Å². The first-order valence-electron chi connectivity index (χ1n) is 9.55. The molecule has 6 nitrogen and oxygen atoms in total. The summed E-state index contributed by atoms with van der Waals surface area (Å²) in [5.74, 6) is 0.330. The standard InChI is InChI=1S/C20H30N2O4S/c1-4-26-19-11-10-18(14-15(19)2)27(24,25)22-16(3)20(23)21-13-12-17-8-6-5-7-9-17/h8,10-11,14,16,22H,4-7,9,12-13H2,1-3H3,(H,21,23)/t16-/m0/s1. The fourth-order valence-corrected chi connectivity index (χ4v) is 4.38. The third-order valence-electron chi connectivity index (χ3n) is 4.61. The van der Waals surface area contributed by atoms with Gasteiger partial charge in [-0.05, 0) is 76.6 Å². The third-order valence-corrected chi connectivity index (χ3v) is 6.15. The van der Waals surface area contributed by atoms with Crippen LogP contribution in [0, 0.1) is 6.92 Å². The second kappa shape index (κ2) is 9.90. The van der Waals surface area contributed by atoms with Crippen LogP contribution >= 0.6 is 0 Å². The highest BCUT2D eigenvalue weighted by molar-refractivity contribution is 7.89. The van der Waals surface area contributed by atoms with Gasteiger partial charge in [-0.3, -0.25) is 4.79 Å². The van der Waals surface area contributed by atoms with Crippen molar-refractivity contribution in [2.75, 3.05) is 13.2 Å². The Balaban J connectivity index is 1.90. The van der Waals surface area contributed by atoms with Gasteiger partial charge >= 0.3 is 0 Å². The van der Waals surface area contributed by atoms with Crippen LogP contribution in [0.15, 0.2) is 34.7 Å². The van der Waals surface area contributed by atoms with Crippen molar-refractivity contribution in [3.05, 3.63) is 35.4 Å². The monoisotopic (exact) mass is 394 g/mol. The number of amides is 1. The van der Waals surface area contributed by atoms with Gasteiger partial charge in [-0.1, -0.05) is 11.6 Å². The molecule has 0 fully saturated rings. The average Bonchev–Trinajstić information content (AvgIpc) is 2.64. The first kappa shape index (κ1) is 21.4. The summed E-state index contributed by atoms with van der Waals surface area (Å²) >= 11 is 0. The van der Waals surface area contributed by atoms with E-state index in [4.69, 9.17) is 4.74 Å². The molecule has 1 amide bonds. The quantitative estimate of drug-likeness (QED) is 0.631. The van der Waals surface area contributed by atoms with Crippen molar-refractivity contribution in [2.24, 2.45) is 0 Å². The molecule has 0 radical (unpaired) electrons. The molecule has 0 bridgehead atoms. The summed E-state index contributed by atoms with van der Waals surface area (Å²) in [7, 11) is -3.78. The highest BCUT2D eigenvalue weighted by atomic mass is 32.2. The first-order chi connectivity index (χ1) is 12.8. The van der Waals surface area contributed by atoms with Crippen LogP contribution in [0.4, 0.5) is 0 Å². The van der Waals surface area contributed by atoms with Gasteiger partial charge in [0.05, 0.1) is 17.5 Å². The zero-order valence-electron chi connectivity index (χ0n) is 16.4. The molecule has 1 atom stereocenters. The minimum absolute atomic E-state index is 0.121. The number of allylic oxidation sites excluding steroid dienone is 1. The number of nitrogens with one attached hydrogen (secondary N) is 2. The van der Waals surface area contributed by atoms with Crippen molar-refractivity contribution < 1.29 is 17.9 Å². The minimum Gasteiger partial charge on any atom is -0.494 e. The Morgan fingerprint density at radius 1 is 1.30 bits per heavy atom. The van der Waals surface area contributed by atoms with Crippen LogP contribution in [0.25, 0.3) is 0 Å². The topological polar surface area (TPSA) is 84.5 Å². The molecule has 0 heterocycles. The molecule has 0 aromatic heterocycles. The number of carbonyl (C=O) groups excluding carboxylic acids is 1. The van der Waals surface area contributed by atoms with Crippen LogP contribution in [0.2, 0.25) is 0 Å². The Hall–Kier alpha value is -1.86. The number of benzene rings is 1. The number of carbonyl (C=O) groups is 1. The number of aryl methyl sites for hydroxylation is 1. The maximum atomic E-state index is 12.5. The number of hydrogen-bond donors (Lipinski definition) is 2. The Morgan fingerprint density at radius 3 is 2.70 bits per heavy atom. The van der Waals surface area contributed by atoms with Gasteiger partial charge in [0.25, 0.3) is 0 Å². The fourth-order valence-electron chi connectivity index (χ4n) is 3.09. The van der Waals surface area contributed by atoms with Crippen LogP contribution in [0.5, 0.6) is 5.75 Å². The zero-order valence-corrected chi connectivity index (χ0v) is 17.2. The molecule has 0 aliphatic heterocycles. The average molecular weight is 395 g/mol. The normalized spacial score (nSPS) is 15.7. The second-order valence-corrected chi connectivity index (χ2v) is 8.57. The molecule has 0 saturated carbocycles. The van der Waals surface area contributed by atoms with Crippen molar-refractivity contribution in [2.45, 2.75) is 63.8 Å². The molecule has 0 saturated heterocycles. The molecule has 2 N–H and O–H groups in total. The number of rotatable bonds is 9. The molecule has 150 valence electrons. The van der Waals surface area contributed by atoms with E-state index in [1.165, 1.54) is 24.5 Å². The van der Waals surface area contributed by atoms with Crippen LogP contribution in [-0.2, 0) is 14.8 Å². The number of ether oxygens (including phenoxy) is 1. The lowest BCUT2D eigenvalue weighted by Gasteiger charge is -2.17. The lowest BCUT2D eigenvalue weighted by atomic mass is 9.97. The summed E-state index contributed by atoms with van der Waals surface area (Å²) in [5, 5.41) is 2.81. The van der Waals surface area contributed by atoms with E-state index in [1.807, 2.05) is 6.92 Å². The molecule has 0 unspecified atom stereocenters. The van der Waals surface area contributed by atoms with E-state index in [-0.39, 0.29) is 10.8 Å². The molecule has 0 spiro atoms. The van der Waals surface area contributed by atoms with Gasteiger partial charge in [0, 0.05) is 6.54 Å². The lowest BCUT2D eigenvalue weighted by molar-refractivity contribution is -0.122. The van der Waals surface area contributed by atoms with E-state index in [9.17, 15) is 13.2 Å². The summed E-state index contributed by atoms with van der Waals surface area (Å²) in [4.78, 5) is 12.3. The summed E-state index contributed by atoms with van der Waals surface area (Å²) in [6, 6.07) is 3.83. The second-order valence-electron chi connectivity index (χ2n) is 6.85. The van der Waals surface area contributed by atoms with Gasteiger partial charge < -0.3 is 10.1 Å². The Kier molecular flexibility index (Phi) is 7.86. The third kappa shape index (κ3) is 6.36. The number of hydrogen-bond acceptors (Lipinski definition) is 4. The fraction of sp³-hybridized carbons (Fsp3) is 0.550. The van der Waals surface area contributed by atoms with Gasteiger partial charge in [0.2, 0.25) is 15.9 Å². The molecule has 27 heavy (non-hydrogen) atoms. The van der Waals surface area contributed by atoms with E-state index >= 15 is 0 Å². The van der Waals surface area contributed by atoms with Crippen molar-refractivity contribution in [1.82, 2.24) is 10.0 Å². The van der Waals surface area contributed by atoms with Gasteiger partial charge in [-0.25, -0.2) is 8.42 Å². The summed E-state index contributed by atoms with van der Waals surface area (Å²) < 4.78 is 33.0. The highest BCUT2D eigenvalue weighted by Crippen LogP contribution is 2.22. The molecule has 2 rings (SSSR count). The highest BCUT2D eigenvalue weighted by Gasteiger charge is 2.22. The van der Waals surface area contributed by atoms with Crippen LogP contribution in [0.1, 0.15) is 51.5 Å². The molecule has 7 heteroatoms. The summed E-state index contributed by atoms with van der Waals surface area (Å²) in [5.41, 5.74) is 2.11. The maximum Gasteiger partial charge on any atom is 0.241 e. The summed E-state index contributed by atoms with van der Waals surface area (Å²) in [6.07, 6.45) is 7.71. The Bertz CT molecular complexity index is 787. The molecule has 1 aliphatic rings. The molecular formula is C20H30N2O4S. The molecule has 1 aliphatic carbocycles. The Labute approximate surface area is 162 Å². The lowest BCUT2D eigenvalue weighted by Crippen LogP contribution is -2.45. The maximum absolute atomic E-state index is 12.5. The van der Waals surface area contributed by atoms with Gasteiger partial charge in [-0.2, -0.15) is 4.72 Å². The van der Waals surface area contributed by atoms with E-state index in [2.05, 4.69) is 16.1 Å². The van der Waals surface area contributed by atoms with E-state index < -0.39 is 16.1 Å². The van der Waals surface area contributed by atoms with E-state index in [1.54, 1.807) is 26.0 Å². The van der Waals surface area contributed by atoms with Crippen LogP contribution in [0.3, 0.4) is 0 Å². The van der Waals surface area contributed by atoms with Crippen molar-refractivity contribution in [3.63, 3.8) is 0 Å². The zero-order chi connectivity index (χ0) is 19.9. The van der Waals surface area contributed by atoms with Gasteiger partial charge in [0.1, 0.15) is 5.75 Å². The van der Waals surface area contributed by atoms with Crippen molar-refractivity contribution in [3.8, 4) is 5.75 Å². The van der Waals surface area contributed by atoms with Crippen molar-refractivity contribution >= 4 is 15.9 Å². The molecule has 1 aromatic carbocycles.